The highest BCUT2D eigenvalue weighted by Crippen LogP contribution is 1.83. The number of amides is 1. The maximum atomic E-state index is 10.6. The monoisotopic (exact) mass is 125 g/mol. The molecule has 0 fully saturated rings. The summed E-state index contributed by atoms with van der Waals surface area (Å²) in [6.07, 6.45) is 6.35. The molecule has 1 N–H and O–H groups in total. The zero-order valence-corrected chi connectivity index (χ0v) is 5.61. The molecule has 0 aromatic carbocycles. The van der Waals surface area contributed by atoms with Gasteiger partial charge in [0.25, 0.3) is 0 Å². The van der Waals surface area contributed by atoms with Gasteiger partial charge in [0.1, 0.15) is 0 Å². The van der Waals surface area contributed by atoms with E-state index in [-0.39, 0.29) is 5.91 Å². The summed E-state index contributed by atoms with van der Waals surface area (Å²) in [4.78, 5) is 10.6. The van der Waals surface area contributed by atoms with Crippen molar-refractivity contribution in [1.29, 1.82) is 0 Å². The standard InChI is InChI=1S/C7H11NO/c1-3-5-7(9)8-6-4-2/h2H,3,5-6H2,1H3,(H,8,9). The molecule has 2 heteroatoms. The zero-order chi connectivity index (χ0) is 7.11. The molecule has 0 atom stereocenters. The fourth-order valence-electron chi connectivity index (χ4n) is 0.465. The maximum absolute atomic E-state index is 10.6. The Morgan fingerprint density at radius 3 is 2.89 bits per heavy atom. The Balaban J connectivity index is 3.19. The van der Waals surface area contributed by atoms with Crippen molar-refractivity contribution < 1.29 is 4.79 Å². The van der Waals surface area contributed by atoms with Crippen LogP contribution in [0.25, 0.3) is 0 Å². The molecule has 0 unspecified atom stereocenters. The van der Waals surface area contributed by atoms with Crippen molar-refractivity contribution in [3.05, 3.63) is 0 Å². The summed E-state index contributed by atoms with van der Waals surface area (Å²) < 4.78 is 0. The Hall–Kier alpha value is -0.970. The van der Waals surface area contributed by atoms with Crippen LogP contribution >= 0.6 is 0 Å². The first-order chi connectivity index (χ1) is 4.31. The first kappa shape index (κ1) is 8.03. The molecule has 2 nitrogen and oxygen atoms in total. The van der Waals surface area contributed by atoms with E-state index in [0.717, 1.165) is 6.42 Å². The largest absolute Gasteiger partial charge is 0.345 e. The quantitative estimate of drug-likeness (QED) is 0.548. The van der Waals surface area contributed by atoms with Gasteiger partial charge in [0.2, 0.25) is 5.91 Å². The van der Waals surface area contributed by atoms with Gasteiger partial charge in [0, 0.05) is 6.42 Å². The smallest absolute Gasteiger partial charge is 0.220 e. The van der Waals surface area contributed by atoms with Crippen LogP contribution in [0.1, 0.15) is 19.8 Å². The van der Waals surface area contributed by atoms with Gasteiger partial charge < -0.3 is 5.32 Å². The molecule has 0 radical (unpaired) electrons. The first-order valence-electron chi connectivity index (χ1n) is 3.01. The van der Waals surface area contributed by atoms with E-state index in [1.54, 1.807) is 0 Å². The number of terminal acetylenes is 1. The lowest BCUT2D eigenvalue weighted by Crippen LogP contribution is -2.22. The summed E-state index contributed by atoms with van der Waals surface area (Å²) in [7, 11) is 0. The van der Waals surface area contributed by atoms with Gasteiger partial charge in [-0.3, -0.25) is 4.79 Å². The Labute approximate surface area is 55.6 Å². The lowest BCUT2D eigenvalue weighted by Gasteiger charge is -1.96. The molecule has 0 rings (SSSR count). The molecule has 50 valence electrons. The molecule has 0 aromatic heterocycles. The van der Waals surface area contributed by atoms with Crippen molar-refractivity contribution in [3.63, 3.8) is 0 Å². The minimum absolute atomic E-state index is 0.0375. The van der Waals surface area contributed by atoms with Gasteiger partial charge in [-0.1, -0.05) is 12.8 Å². The minimum atomic E-state index is 0.0375. The number of hydrogen-bond acceptors (Lipinski definition) is 1. The maximum Gasteiger partial charge on any atom is 0.220 e. The van der Waals surface area contributed by atoms with E-state index >= 15 is 0 Å². The van der Waals surface area contributed by atoms with Crippen molar-refractivity contribution >= 4 is 5.91 Å². The third-order valence-corrected chi connectivity index (χ3v) is 0.865. The fraction of sp³-hybridized carbons (Fsp3) is 0.571. The van der Waals surface area contributed by atoms with Crippen LogP contribution in [0.2, 0.25) is 0 Å². The van der Waals surface area contributed by atoms with E-state index < -0.39 is 0 Å². The first-order valence-corrected chi connectivity index (χ1v) is 3.01. The van der Waals surface area contributed by atoms with E-state index in [2.05, 4.69) is 11.2 Å². The third-order valence-electron chi connectivity index (χ3n) is 0.865. The SMILES string of the molecule is C#CCNC(=O)CCC. The molecule has 0 aliphatic rings. The second kappa shape index (κ2) is 5.17. The number of nitrogens with one attached hydrogen (secondary N) is 1. The van der Waals surface area contributed by atoms with E-state index in [4.69, 9.17) is 6.42 Å². The highest BCUT2D eigenvalue weighted by Gasteiger charge is 1.93. The van der Waals surface area contributed by atoms with Gasteiger partial charge in [-0.05, 0) is 6.42 Å². The van der Waals surface area contributed by atoms with E-state index in [0.29, 0.717) is 13.0 Å². The van der Waals surface area contributed by atoms with E-state index in [1.165, 1.54) is 0 Å². The van der Waals surface area contributed by atoms with Crippen molar-refractivity contribution in [2.24, 2.45) is 0 Å². The molecule has 1 amide bonds. The fourth-order valence-corrected chi connectivity index (χ4v) is 0.465. The molecular formula is C7H11NO. The lowest BCUT2D eigenvalue weighted by atomic mass is 10.3. The van der Waals surface area contributed by atoms with Crippen LogP contribution in [-0.2, 0) is 4.79 Å². The Morgan fingerprint density at radius 2 is 2.44 bits per heavy atom. The second-order valence-electron chi connectivity index (χ2n) is 1.73. The predicted molar refractivity (Wildman–Crippen MR) is 36.8 cm³/mol. The highest BCUT2D eigenvalue weighted by atomic mass is 16.1. The predicted octanol–water partition coefficient (Wildman–Crippen LogP) is 0.536. The van der Waals surface area contributed by atoms with Crippen LogP contribution < -0.4 is 5.32 Å². The topological polar surface area (TPSA) is 29.1 Å². The third kappa shape index (κ3) is 4.89. The molecular weight excluding hydrogens is 114 g/mol. The minimum Gasteiger partial charge on any atom is -0.345 e. The van der Waals surface area contributed by atoms with Crippen LogP contribution in [0.3, 0.4) is 0 Å². The van der Waals surface area contributed by atoms with Gasteiger partial charge in [-0.25, -0.2) is 0 Å². The van der Waals surface area contributed by atoms with Gasteiger partial charge in [-0.2, -0.15) is 0 Å². The number of hydrogen-bond donors (Lipinski definition) is 1. The summed E-state index contributed by atoms with van der Waals surface area (Å²) in [5, 5.41) is 2.56. The van der Waals surface area contributed by atoms with Crippen LogP contribution in [0.4, 0.5) is 0 Å². The molecule has 0 aromatic rings. The molecule has 0 heterocycles. The molecule has 0 saturated carbocycles. The van der Waals surface area contributed by atoms with Crippen LogP contribution in [0, 0.1) is 12.3 Å². The zero-order valence-electron chi connectivity index (χ0n) is 5.61. The lowest BCUT2D eigenvalue weighted by molar-refractivity contribution is -0.120. The molecule has 9 heavy (non-hydrogen) atoms. The summed E-state index contributed by atoms with van der Waals surface area (Å²) in [6, 6.07) is 0. The molecule has 0 spiro atoms. The van der Waals surface area contributed by atoms with Crippen molar-refractivity contribution in [3.8, 4) is 12.3 Å². The summed E-state index contributed by atoms with van der Waals surface area (Å²) in [6.45, 7) is 2.30. The number of rotatable bonds is 3. The van der Waals surface area contributed by atoms with E-state index in [1.807, 2.05) is 6.92 Å². The van der Waals surface area contributed by atoms with Crippen molar-refractivity contribution in [1.82, 2.24) is 5.32 Å². The number of carbonyl (C=O) groups is 1. The van der Waals surface area contributed by atoms with Gasteiger partial charge in [-0.15, -0.1) is 6.42 Å². The normalized spacial score (nSPS) is 8.00. The number of carbonyl (C=O) groups excluding carboxylic acids is 1. The van der Waals surface area contributed by atoms with Crippen LogP contribution in [0.15, 0.2) is 0 Å². The summed E-state index contributed by atoms with van der Waals surface area (Å²) in [5.74, 6) is 2.36. The highest BCUT2D eigenvalue weighted by molar-refractivity contribution is 5.75. The molecule has 0 bridgehead atoms. The average Bonchev–Trinajstić information content (AvgIpc) is 1.85. The van der Waals surface area contributed by atoms with Crippen molar-refractivity contribution in [2.45, 2.75) is 19.8 Å². The van der Waals surface area contributed by atoms with Gasteiger partial charge in [0.05, 0.1) is 6.54 Å². The van der Waals surface area contributed by atoms with Crippen LogP contribution in [0.5, 0.6) is 0 Å². The molecule has 0 aliphatic heterocycles. The Bertz CT molecular complexity index is 123. The van der Waals surface area contributed by atoms with Gasteiger partial charge in [0.15, 0.2) is 0 Å². The Kier molecular flexibility index (Phi) is 4.61. The molecule has 0 saturated heterocycles. The summed E-state index contributed by atoms with van der Waals surface area (Å²) >= 11 is 0. The van der Waals surface area contributed by atoms with Crippen LogP contribution in [-0.4, -0.2) is 12.5 Å². The van der Waals surface area contributed by atoms with Gasteiger partial charge >= 0.3 is 0 Å². The second-order valence-corrected chi connectivity index (χ2v) is 1.73. The van der Waals surface area contributed by atoms with E-state index in [9.17, 15) is 4.79 Å². The Morgan fingerprint density at radius 1 is 1.78 bits per heavy atom. The molecule has 0 aliphatic carbocycles. The summed E-state index contributed by atoms with van der Waals surface area (Å²) in [5.41, 5.74) is 0. The van der Waals surface area contributed by atoms with Crippen molar-refractivity contribution in [2.75, 3.05) is 6.54 Å². The average molecular weight is 125 g/mol.